The first-order valence-electron chi connectivity index (χ1n) is 11.5. The third-order valence-corrected chi connectivity index (χ3v) is 8.28. The van der Waals surface area contributed by atoms with E-state index in [1.807, 2.05) is 22.8 Å². The summed E-state index contributed by atoms with van der Waals surface area (Å²) < 4.78 is 1.88. The molecular formula is C30H29N3S3. The molecule has 1 heterocycles. The molecule has 0 bridgehead atoms. The first-order chi connectivity index (χ1) is 17.6. The van der Waals surface area contributed by atoms with Crippen LogP contribution in [-0.4, -0.2) is 9.57 Å². The monoisotopic (exact) mass is 527 g/mol. The Hall–Kier alpha value is -3.06. The van der Waals surface area contributed by atoms with E-state index in [0.29, 0.717) is 0 Å². The molecule has 0 radical (unpaired) electrons. The van der Waals surface area contributed by atoms with Crippen LogP contribution in [0.2, 0.25) is 0 Å². The zero-order valence-electron chi connectivity index (χ0n) is 20.1. The predicted octanol–water partition coefficient (Wildman–Crippen LogP) is 8.61. The fourth-order valence-electron chi connectivity index (χ4n) is 3.29. The van der Waals surface area contributed by atoms with Crippen molar-refractivity contribution in [1.82, 2.24) is 9.95 Å². The molecule has 4 rings (SSSR count). The molecule has 1 N–H and O–H groups in total. The summed E-state index contributed by atoms with van der Waals surface area (Å²) in [5.41, 5.74) is 10.6. The van der Waals surface area contributed by atoms with Gasteiger partial charge in [-0.2, -0.15) is 0 Å². The zero-order chi connectivity index (χ0) is 25.2. The van der Waals surface area contributed by atoms with Gasteiger partial charge >= 0.3 is 0 Å². The van der Waals surface area contributed by atoms with Gasteiger partial charge in [-0.1, -0.05) is 123 Å². The van der Waals surface area contributed by atoms with E-state index < -0.39 is 0 Å². The highest BCUT2D eigenvalue weighted by atomic mass is 32.2. The summed E-state index contributed by atoms with van der Waals surface area (Å²) in [5.74, 6) is 2.55. The third kappa shape index (κ3) is 7.72. The van der Waals surface area contributed by atoms with Gasteiger partial charge in [0.05, 0.1) is 5.03 Å². The van der Waals surface area contributed by atoms with Crippen molar-refractivity contribution < 1.29 is 0 Å². The van der Waals surface area contributed by atoms with Crippen molar-refractivity contribution in [3.8, 4) is 0 Å². The second-order valence-corrected chi connectivity index (χ2v) is 10.9. The van der Waals surface area contributed by atoms with Crippen molar-refractivity contribution in [1.29, 1.82) is 0 Å². The molecule has 36 heavy (non-hydrogen) atoms. The molecule has 182 valence electrons. The van der Waals surface area contributed by atoms with Crippen molar-refractivity contribution in [3.05, 3.63) is 137 Å². The summed E-state index contributed by atoms with van der Waals surface area (Å²) in [6, 6.07) is 25.5. The van der Waals surface area contributed by atoms with Gasteiger partial charge in [0.25, 0.3) is 0 Å². The van der Waals surface area contributed by atoms with Gasteiger partial charge in [-0.15, -0.1) is 21.4 Å². The van der Waals surface area contributed by atoms with Gasteiger partial charge in [0.2, 0.25) is 0 Å². The van der Waals surface area contributed by atoms with Crippen LogP contribution in [0.15, 0.2) is 109 Å². The Bertz CT molecular complexity index is 1240. The molecule has 3 nitrogen and oxygen atoms in total. The third-order valence-electron chi connectivity index (χ3n) is 5.43. The number of benzene rings is 3. The number of nitrogens with zero attached hydrogens (tertiary/aromatic N) is 2. The van der Waals surface area contributed by atoms with Gasteiger partial charge in [-0.05, 0) is 45.3 Å². The quantitative estimate of drug-likeness (QED) is 0.252. The van der Waals surface area contributed by atoms with Gasteiger partial charge in [-0.25, -0.2) is 0 Å². The van der Waals surface area contributed by atoms with Crippen molar-refractivity contribution in [2.45, 2.75) is 17.3 Å². The fourth-order valence-corrected chi connectivity index (χ4v) is 5.96. The second kappa shape index (κ2) is 13.3. The van der Waals surface area contributed by atoms with E-state index in [1.165, 1.54) is 16.7 Å². The van der Waals surface area contributed by atoms with Crippen LogP contribution in [0.3, 0.4) is 0 Å². The minimum atomic E-state index is 0.815. The van der Waals surface area contributed by atoms with Gasteiger partial charge in [0.15, 0.2) is 0 Å². The van der Waals surface area contributed by atoms with Gasteiger partial charge < -0.3 is 0 Å². The lowest BCUT2D eigenvalue weighted by Crippen LogP contribution is -2.30. The summed E-state index contributed by atoms with van der Waals surface area (Å²) in [4.78, 5) is 0. The van der Waals surface area contributed by atoms with Crippen LogP contribution < -0.4 is 5.43 Å². The lowest BCUT2D eigenvalue weighted by molar-refractivity contribution is 0.424. The number of hydrogen-bond acceptors (Lipinski definition) is 6. The minimum Gasteiger partial charge on any atom is -0.266 e. The number of nitrogens with one attached hydrogen (secondary N) is 1. The molecule has 0 fully saturated rings. The fraction of sp³-hybridized carbons (Fsp3) is 0.100. The van der Waals surface area contributed by atoms with Crippen LogP contribution in [0, 0.1) is 0 Å². The van der Waals surface area contributed by atoms with Crippen LogP contribution in [0.25, 0.3) is 18.2 Å². The van der Waals surface area contributed by atoms with Gasteiger partial charge in [-0.3, -0.25) is 5.43 Å². The highest BCUT2D eigenvalue weighted by Crippen LogP contribution is 2.29. The second-order valence-electron chi connectivity index (χ2n) is 8.02. The van der Waals surface area contributed by atoms with E-state index in [0.717, 1.165) is 44.0 Å². The Morgan fingerprint density at radius 2 is 1.08 bits per heavy atom. The molecule has 0 amide bonds. The summed E-state index contributed by atoms with van der Waals surface area (Å²) in [6.45, 7) is 11.5. The van der Waals surface area contributed by atoms with Crippen LogP contribution in [0.4, 0.5) is 0 Å². The first-order valence-corrected chi connectivity index (χ1v) is 14.5. The highest BCUT2D eigenvalue weighted by molar-refractivity contribution is 8.13. The molecule has 0 aromatic heterocycles. The molecule has 0 spiro atoms. The number of thioether (sulfide) groups is 2. The standard InChI is InChI=1S/C30H29N3S3/c1-4-23-7-13-26(14-8-23)20-34-29-19-30(35-21-27-15-9-24(5-2)10-16-27)32-33(31-29)36-22-28-17-11-25(6-3)12-18-28/h4-19,31H,1-3,20-22H2. The molecule has 0 atom stereocenters. The normalized spacial score (nSPS) is 12.8. The smallest absolute Gasteiger partial charge is 0.122 e. The van der Waals surface area contributed by atoms with E-state index in [4.69, 9.17) is 5.10 Å². The van der Waals surface area contributed by atoms with Crippen LogP contribution >= 0.6 is 35.5 Å². The molecule has 1 aliphatic heterocycles. The van der Waals surface area contributed by atoms with Crippen molar-refractivity contribution >= 4 is 58.7 Å². The van der Waals surface area contributed by atoms with E-state index in [-0.39, 0.29) is 0 Å². The molecule has 3 aromatic carbocycles. The Kier molecular flexibility index (Phi) is 9.61. The van der Waals surface area contributed by atoms with E-state index >= 15 is 0 Å². The number of rotatable bonds is 11. The highest BCUT2D eigenvalue weighted by Gasteiger charge is 2.15. The lowest BCUT2D eigenvalue weighted by atomic mass is 10.1. The van der Waals surface area contributed by atoms with Crippen molar-refractivity contribution in [2.24, 2.45) is 5.10 Å². The van der Waals surface area contributed by atoms with Crippen LogP contribution in [0.5, 0.6) is 0 Å². The zero-order valence-corrected chi connectivity index (χ0v) is 22.5. The summed E-state index contributed by atoms with van der Waals surface area (Å²) >= 11 is 5.16. The molecule has 1 aliphatic rings. The maximum atomic E-state index is 4.84. The largest absolute Gasteiger partial charge is 0.266 e. The summed E-state index contributed by atoms with van der Waals surface area (Å²) in [6.07, 6.45) is 7.74. The first kappa shape index (κ1) is 26.0. The molecule has 3 aromatic rings. The maximum Gasteiger partial charge on any atom is 0.122 e. The van der Waals surface area contributed by atoms with Gasteiger partial charge in [0.1, 0.15) is 5.04 Å². The summed E-state index contributed by atoms with van der Waals surface area (Å²) in [7, 11) is 0. The molecule has 6 heteroatoms. The number of hydrogen-bond donors (Lipinski definition) is 1. The lowest BCUT2D eigenvalue weighted by Gasteiger charge is -2.25. The van der Waals surface area contributed by atoms with Crippen molar-refractivity contribution in [2.75, 3.05) is 0 Å². The van der Waals surface area contributed by atoms with Crippen molar-refractivity contribution in [3.63, 3.8) is 0 Å². The SMILES string of the molecule is C=Cc1ccc(CSC2=CC(SCc3ccc(C=C)cc3)=NN(SCc3ccc(C=C)cc3)N2)cc1. The minimum absolute atomic E-state index is 0.815. The average Bonchev–Trinajstić information content (AvgIpc) is 2.94. The predicted molar refractivity (Wildman–Crippen MR) is 164 cm³/mol. The number of hydrazone groups is 1. The number of hydrazine groups is 1. The molecular weight excluding hydrogens is 499 g/mol. The van der Waals surface area contributed by atoms with Gasteiger partial charge in [0, 0.05) is 23.3 Å². The molecule has 0 aliphatic carbocycles. The summed E-state index contributed by atoms with van der Waals surface area (Å²) in [5, 5.41) is 6.91. The van der Waals surface area contributed by atoms with Crippen LogP contribution in [0.1, 0.15) is 33.4 Å². The Morgan fingerprint density at radius 1 is 0.639 bits per heavy atom. The average molecular weight is 528 g/mol. The van der Waals surface area contributed by atoms with Crippen LogP contribution in [-0.2, 0) is 17.3 Å². The Labute approximate surface area is 227 Å². The maximum absolute atomic E-state index is 4.84. The topological polar surface area (TPSA) is 27.6 Å². The van der Waals surface area contributed by atoms with E-state index in [1.54, 1.807) is 35.5 Å². The Morgan fingerprint density at radius 3 is 1.56 bits per heavy atom. The molecule has 0 unspecified atom stereocenters. The van der Waals surface area contributed by atoms with E-state index in [2.05, 4.69) is 104 Å². The molecule has 0 saturated carbocycles. The molecule has 0 saturated heterocycles. The Balaban J connectivity index is 1.42. The van der Waals surface area contributed by atoms with E-state index in [9.17, 15) is 0 Å².